The topological polar surface area (TPSA) is 46.2 Å². The second kappa shape index (κ2) is 6.09. The van der Waals surface area contributed by atoms with E-state index in [-0.39, 0.29) is 16.7 Å². The normalized spacial score (nSPS) is 24.0. The molecule has 0 aromatic heterocycles. The van der Waals surface area contributed by atoms with Crippen LogP contribution in [0.4, 0.5) is 0 Å². The van der Waals surface area contributed by atoms with Crippen molar-refractivity contribution in [1.29, 1.82) is 0 Å². The molecular formula is C17H27NO2S. The van der Waals surface area contributed by atoms with Crippen molar-refractivity contribution in [1.82, 2.24) is 5.32 Å². The van der Waals surface area contributed by atoms with Gasteiger partial charge in [0.2, 0.25) is 0 Å². The summed E-state index contributed by atoms with van der Waals surface area (Å²) < 4.78 is 25.8. The zero-order valence-electron chi connectivity index (χ0n) is 13.5. The van der Waals surface area contributed by atoms with Crippen molar-refractivity contribution in [2.75, 3.05) is 7.05 Å². The Bertz CT molecular complexity index is 570. The lowest BCUT2D eigenvalue weighted by molar-refractivity contribution is 0.389. The Morgan fingerprint density at radius 2 is 1.62 bits per heavy atom. The second-order valence-corrected chi connectivity index (χ2v) is 9.20. The van der Waals surface area contributed by atoms with Crippen LogP contribution >= 0.6 is 0 Å². The third kappa shape index (κ3) is 3.49. The van der Waals surface area contributed by atoms with Crippen molar-refractivity contribution >= 4 is 9.84 Å². The maximum absolute atomic E-state index is 12.9. The molecule has 2 unspecified atom stereocenters. The van der Waals surface area contributed by atoms with Gasteiger partial charge in [0.1, 0.15) is 0 Å². The van der Waals surface area contributed by atoms with Crippen molar-refractivity contribution < 1.29 is 8.42 Å². The van der Waals surface area contributed by atoms with Gasteiger partial charge >= 0.3 is 0 Å². The van der Waals surface area contributed by atoms with E-state index in [9.17, 15) is 8.42 Å². The first-order valence-corrected chi connectivity index (χ1v) is 9.33. The van der Waals surface area contributed by atoms with E-state index in [4.69, 9.17) is 0 Å². The van der Waals surface area contributed by atoms with Crippen molar-refractivity contribution in [3.05, 3.63) is 29.8 Å². The van der Waals surface area contributed by atoms with Crippen LogP contribution < -0.4 is 5.32 Å². The van der Waals surface area contributed by atoms with Crippen LogP contribution in [0.3, 0.4) is 0 Å². The van der Waals surface area contributed by atoms with Gasteiger partial charge in [0.05, 0.1) is 10.1 Å². The minimum Gasteiger partial charge on any atom is -0.316 e. The Labute approximate surface area is 129 Å². The summed E-state index contributed by atoms with van der Waals surface area (Å²) in [5, 5.41) is 2.89. The number of nitrogens with one attached hydrogen (secondary N) is 1. The summed E-state index contributed by atoms with van der Waals surface area (Å²) in [5.74, 6) is 0. The van der Waals surface area contributed by atoms with Crippen molar-refractivity contribution in [3.8, 4) is 0 Å². The fourth-order valence-electron chi connectivity index (χ4n) is 3.12. The summed E-state index contributed by atoms with van der Waals surface area (Å²) >= 11 is 0. The predicted octanol–water partition coefficient (Wildman–Crippen LogP) is 3.29. The molecule has 21 heavy (non-hydrogen) atoms. The highest BCUT2D eigenvalue weighted by Gasteiger charge is 2.35. The fraction of sp³-hybridized carbons (Fsp3) is 0.647. The highest BCUT2D eigenvalue weighted by molar-refractivity contribution is 7.92. The molecule has 1 aromatic rings. The van der Waals surface area contributed by atoms with E-state index in [0.717, 1.165) is 31.2 Å². The monoisotopic (exact) mass is 309 g/mol. The van der Waals surface area contributed by atoms with Crippen LogP contribution in [0, 0.1) is 0 Å². The summed E-state index contributed by atoms with van der Waals surface area (Å²) in [6, 6.07) is 7.52. The van der Waals surface area contributed by atoms with Gasteiger partial charge in [-0.15, -0.1) is 0 Å². The number of rotatable bonds is 3. The molecule has 0 heterocycles. The van der Waals surface area contributed by atoms with E-state index >= 15 is 0 Å². The molecule has 1 N–H and O–H groups in total. The summed E-state index contributed by atoms with van der Waals surface area (Å²) in [6.45, 7) is 6.40. The molecule has 2 atom stereocenters. The maximum atomic E-state index is 12.9. The number of sulfone groups is 1. The molecule has 4 heteroatoms. The molecule has 0 amide bonds. The molecule has 3 nitrogen and oxygen atoms in total. The van der Waals surface area contributed by atoms with Crippen LogP contribution in [0.5, 0.6) is 0 Å². The fourth-order valence-corrected chi connectivity index (χ4v) is 5.16. The molecule has 1 saturated carbocycles. The first-order valence-electron chi connectivity index (χ1n) is 7.78. The predicted molar refractivity (Wildman–Crippen MR) is 87.4 cm³/mol. The Morgan fingerprint density at radius 1 is 1.05 bits per heavy atom. The third-order valence-corrected chi connectivity index (χ3v) is 6.81. The average Bonchev–Trinajstić information content (AvgIpc) is 2.46. The molecule has 1 aliphatic rings. The van der Waals surface area contributed by atoms with Gasteiger partial charge < -0.3 is 5.32 Å². The van der Waals surface area contributed by atoms with Crippen molar-refractivity contribution in [2.45, 2.75) is 68.1 Å². The molecule has 0 radical (unpaired) electrons. The molecule has 1 aromatic carbocycles. The first-order chi connectivity index (χ1) is 9.76. The van der Waals surface area contributed by atoms with Gasteiger partial charge in [0.15, 0.2) is 9.84 Å². The Morgan fingerprint density at radius 3 is 2.14 bits per heavy atom. The van der Waals surface area contributed by atoms with Crippen molar-refractivity contribution in [2.24, 2.45) is 0 Å². The number of hydrogen-bond donors (Lipinski definition) is 1. The van der Waals surface area contributed by atoms with Gasteiger partial charge in [-0.1, -0.05) is 45.7 Å². The quantitative estimate of drug-likeness (QED) is 0.932. The molecule has 1 aliphatic carbocycles. The molecule has 0 bridgehead atoms. The van der Waals surface area contributed by atoms with E-state index in [1.165, 1.54) is 0 Å². The SMILES string of the molecule is CNC1CCCCC1S(=O)(=O)c1ccc(C(C)(C)C)cc1. The zero-order valence-corrected chi connectivity index (χ0v) is 14.3. The molecule has 118 valence electrons. The van der Waals surface area contributed by atoms with Crippen molar-refractivity contribution in [3.63, 3.8) is 0 Å². The van der Waals surface area contributed by atoms with Gasteiger partial charge in [-0.2, -0.15) is 0 Å². The van der Waals surface area contributed by atoms with Crippen LogP contribution in [-0.2, 0) is 15.3 Å². The lowest BCUT2D eigenvalue weighted by Crippen LogP contribution is -2.44. The standard InChI is InChI=1S/C17H27NO2S/c1-17(2,3)13-9-11-14(12-10-13)21(19,20)16-8-6-5-7-15(16)18-4/h9-12,15-16,18H,5-8H2,1-4H3. The zero-order chi connectivity index (χ0) is 15.7. The van der Waals surface area contributed by atoms with E-state index in [1.54, 1.807) is 12.1 Å². The maximum Gasteiger partial charge on any atom is 0.182 e. The van der Waals surface area contributed by atoms with Crippen LogP contribution in [0.1, 0.15) is 52.0 Å². The molecule has 1 fully saturated rings. The van der Waals surface area contributed by atoms with Gasteiger partial charge in [-0.05, 0) is 43.0 Å². The molecule has 0 saturated heterocycles. The van der Waals surface area contributed by atoms with Crippen LogP contribution in [0.25, 0.3) is 0 Å². The van der Waals surface area contributed by atoms with E-state index in [0.29, 0.717) is 4.90 Å². The Kier molecular flexibility index (Phi) is 4.79. The number of benzene rings is 1. The smallest absolute Gasteiger partial charge is 0.182 e. The highest BCUT2D eigenvalue weighted by Crippen LogP contribution is 2.30. The molecule has 0 aliphatic heterocycles. The number of hydrogen-bond acceptors (Lipinski definition) is 3. The largest absolute Gasteiger partial charge is 0.316 e. The lowest BCUT2D eigenvalue weighted by Gasteiger charge is -2.31. The van der Waals surface area contributed by atoms with Crippen LogP contribution in [0.2, 0.25) is 0 Å². The van der Waals surface area contributed by atoms with Gasteiger partial charge in [0, 0.05) is 6.04 Å². The molecule has 0 spiro atoms. The third-order valence-electron chi connectivity index (χ3n) is 4.52. The van der Waals surface area contributed by atoms with E-state index in [1.807, 2.05) is 19.2 Å². The minimum absolute atomic E-state index is 0.0423. The second-order valence-electron chi connectivity index (χ2n) is 7.04. The Hall–Kier alpha value is -0.870. The lowest BCUT2D eigenvalue weighted by atomic mass is 9.87. The van der Waals surface area contributed by atoms with Crippen LogP contribution in [-0.4, -0.2) is 26.8 Å². The van der Waals surface area contributed by atoms with Gasteiger partial charge in [-0.3, -0.25) is 0 Å². The van der Waals surface area contributed by atoms with Gasteiger partial charge in [0.25, 0.3) is 0 Å². The highest BCUT2D eigenvalue weighted by atomic mass is 32.2. The van der Waals surface area contributed by atoms with E-state index < -0.39 is 9.84 Å². The molecular weight excluding hydrogens is 282 g/mol. The summed E-state index contributed by atoms with van der Waals surface area (Å²) in [6.07, 6.45) is 3.82. The van der Waals surface area contributed by atoms with Gasteiger partial charge in [-0.25, -0.2) is 8.42 Å². The summed E-state index contributed by atoms with van der Waals surface area (Å²) in [7, 11) is -1.39. The first kappa shape index (κ1) is 16.5. The minimum atomic E-state index is -3.25. The molecule has 2 rings (SSSR count). The average molecular weight is 309 g/mol. The van der Waals surface area contributed by atoms with E-state index in [2.05, 4.69) is 26.1 Å². The summed E-state index contributed by atoms with van der Waals surface area (Å²) in [4.78, 5) is 0.461. The summed E-state index contributed by atoms with van der Waals surface area (Å²) in [5.41, 5.74) is 1.20. The van der Waals surface area contributed by atoms with Crippen LogP contribution in [0.15, 0.2) is 29.2 Å². The Balaban J connectivity index is 2.31.